The third-order valence-electron chi connectivity index (χ3n) is 3.93. The molecule has 2 aromatic rings. The van der Waals surface area contributed by atoms with Crippen LogP contribution in [-0.4, -0.2) is 10.9 Å². The van der Waals surface area contributed by atoms with E-state index in [4.69, 9.17) is 4.74 Å². The Bertz CT molecular complexity index is 881. The SMILES string of the molecule is CC#CC(=O)N(c1ccc2c(n1)COC2)c1cc(C)c(Br)cc1C. The first kappa shape index (κ1) is 16.7. The van der Waals surface area contributed by atoms with Crippen LogP contribution >= 0.6 is 15.9 Å². The maximum atomic E-state index is 12.7. The van der Waals surface area contributed by atoms with Crippen LogP contribution in [-0.2, 0) is 22.7 Å². The fourth-order valence-corrected chi connectivity index (χ4v) is 3.12. The lowest BCUT2D eigenvalue weighted by Gasteiger charge is -2.23. The number of aryl methyl sites for hydroxylation is 2. The summed E-state index contributed by atoms with van der Waals surface area (Å²) in [5, 5.41) is 0. The third kappa shape index (κ3) is 3.08. The molecule has 0 aliphatic carbocycles. The first-order valence-corrected chi connectivity index (χ1v) is 8.40. The van der Waals surface area contributed by atoms with Gasteiger partial charge in [0.15, 0.2) is 0 Å². The number of amides is 1. The molecule has 0 bridgehead atoms. The maximum absolute atomic E-state index is 12.7. The average Bonchev–Trinajstić information content (AvgIpc) is 3.00. The van der Waals surface area contributed by atoms with Crippen LogP contribution in [0.3, 0.4) is 0 Å². The van der Waals surface area contributed by atoms with Crippen LogP contribution in [0.15, 0.2) is 28.7 Å². The van der Waals surface area contributed by atoms with Gasteiger partial charge in [0, 0.05) is 10.0 Å². The zero-order chi connectivity index (χ0) is 17.3. The van der Waals surface area contributed by atoms with E-state index in [9.17, 15) is 4.79 Å². The fraction of sp³-hybridized carbons (Fsp3) is 0.263. The van der Waals surface area contributed by atoms with Crippen molar-refractivity contribution in [1.82, 2.24) is 4.98 Å². The van der Waals surface area contributed by atoms with Crippen LogP contribution in [0.4, 0.5) is 11.5 Å². The van der Waals surface area contributed by atoms with Gasteiger partial charge in [0.05, 0.1) is 24.6 Å². The predicted molar refractivity (Wildman–Crippen MR) is 96.9 cm³/mol. The standard InChI is InChI=1S/C19H17BrN2O2/c1-4-5-19(23)22(17-9-12(2)15(20)8-13(17)3)18-7-6-14-10-24-11-16(14)21-18/h6-9H,10-11H2,1-3H3. The lowest BCUT2D eigenvalue weighted by Crippen LogP contribution is -2.26. The average molecular weight is 385 g/mol. The Kier molecular flexibility index (Phi) is 4.70. The number of benzene rings is 1. The molecule has 1 aromatic heterocycles. The minimum Gasteiger partial charge on any atom is -0.370 e. The molecular weight excluding hydrogens is 368 g/mol. The number of hydrogen-bond donors (Lipinski definition) is 0. The van der Waals surface area contributed by atoms with E-state index >= 15 is 0 Å². The van der Waals surface area contributed by atoms with Gasteiger partial charge in [-0.25, -0.2) is 4.98 Å². The Morgan fingerprint density at radius 1 is 1.25 bits per heavy atom. The summed E-state index contributed by atoms with van der Waals surface area (Å²) in [6.07, 6.45) is 0. The van der Waals surface area contributed by atoms with Crippen molar-refractivity contribution < 1.29 is 9.53 Å². The minimum atomic E-state index is -0.298. The highest BCUT2D eigenvalue weighted by Crippen LogP contribution is 2.33. The van der Waals surface area contributed by atoms with E-state index in [2.05, 4.69) is 32.8 Å². The van der Waals surface area contributed by atoms with E-state index < -0.39 is 0 Å². The second-order valence-electron chi connectivity index (χ2n) is 5.67. The van der Waals surface area contributed by atoms with Gasteiger partial charge in [0.1, 0.15) is 5.82 Å². The van der Waals surface area contributed by atoms with Crippen LogP contribution in [0.1, 0.15) is 29.3 Å². The summed E-state index contributed by atoms with van der Waals surface area (Å²) < 4.78 is 6.43. The number of carbonyl (C=O) groups excluding carboxylic acids is 1. The van der Waals surface area contributed by atoms with Crippen molar-refractivity contribution in [3.8, 4) is 11.8 Å². The molecule has 1 aliphatic heterocycles. The molecule has 1 aromatic carbocycles. The van der Waals surface area contributed by atoms with Crippen LogP contribution in [0.5, 0.6) is 0 Å². The van der Waals surface area contributed by atoms with Gasteiger partial charge in [-0.05, 0) is 56.0 Å². The van der Waals surface area contributed by atoms with E-state index in [0.717, 1.165) is 32.5 Å². The molecule has 0 spiro atoms. The smallest absolute Gasteiger partial charge is 0.308 e. The van der Waals surface area contributed by atoms with Crippen LogP contribution in [0, 0.1) is 25.7 Å². The minimum absolute atomic E-state index is 0.298. The molecule has 5 heteroatoms. The van der Waals surface area contributed by atoms with E-state index in [1.54, 1.807) is 11.8 Å². The molecule has 4 nitrogen and oxygen atoms in total. The van der Waals surface area contributed by atoms with E-state index in [1.165, 1.54) is 0 Å². The van der Waals surface area contributed by atoms with E-state index in [1.807, 2.05) is 38.1 Å². The zero-order valence-corrected chi connectivity index (χ0v) is 15.4. The second kappa shape index (κ2) is 6.76. The molecule has 1 aliphatic rings. The number of nitrogens with zero attached hydrogens (tertiary/aromatic N) is 2. The number of carbonyl (C=O) groups is 1. The number of rotatable bonds is 2. The van der Waals surface area contributed by atoms with Crippen molar-refractivity contribution in [2.45, 2.75) is 34.0 Å². The summed E-state index contributed by atoms with van der Waals surface area (Å²) in [4.78, 5) is 18.9. The van der Waals surface area contributed by atoms with Crippen LogP contribution in [0.2, 0.25) is 0 Å². The predicted octanol–water partition coefficient (Wildman–Crippen LogP) is 4.18. The lowest BCUT2D eigenvalue weighted by molar-refractivity contribution is -0.112. The molecule has 0 fully saturated rings. The highest BCUT2D eigenvalue weighted by Gasteiger charge is 2.23. The van der Waals surface area contributed by atoms with Gasteiger partial charge in [-0.3, -0.25) is 9.69 Å². The lowest BCUT2D eigenvalue weighted by atomic mass is 10.1. The zero-order valence-electron chi connectivity index (χ0n) is 13.8. The Labute approximate surface area is 150 Å². The van der Waals surface area contributed by atoms with Gasteiger partial charge in [0.2, 0.25) is 0 Å². The molecule has 0 atom stereocenters. The number of hydrogen-bond acceptors (Lipinski definition) is 3. The largest absolute Gasteiger partial charge is 0.370 e. The van der Waals surface area contributed by atoms with Crippen molar-refractivity contribution in [3.63, 3.8) is 0 Å². The van der Waals surface area contributed by atoms with Crippen molar-refractivity contribution in [3.05, 3.63) is 51.1 Å². The summed E-state index contributed by atoms with van der Waals surface area (Å²) in [5.74, 6) is 5.58. The molecule has 0 saturated carbocycles. The van der Waals surface area contributed by atoms with Crippen molar-refractivity contribution >= 4 is 33.3 Å². The van der Waals surface area contributed by atoms with Crippen molar-refractivity contribution in [2.75, 3.05) is 4.90 Å². The van der Waals surface area contributed by atoms with Crippen molar-refractivity contribution in [1.29, 1.82) is 0 Å². The molecule has 0 unspecified atom stereocenters. The summed E-state index contributed by atoms with van der Waals surface area (Å²) in [6.45, 7) is 6.66. The third-order valence-corrected chi connectivity index (χ3v) is 4.79. The van der Waals surface area contributed by atoms with Gasteiger partial charge in [-0.1, -0.05) is 27.9 Å². The number of pyridine rings is 1. The molecule has 122 valence electrons. The fourth-order valence-electron chi connectivity index (χ4n) is 2.66. The monoisotopic (exact) mass is 384 g/mol. The summed E-state index contributed by atoms with van der Waals surface area (Å²) in [6, 6.07) is 7.78. The number of ether oxygens (including phenoxy) is 1. The molecule has 0 radical (unpaired) electrons. The Morgan fingerprint density at radius 2 is 2.04 bits per heavy atom. The molecule has 2 heterocycles. The van der Waals surface area contributed by atoms with Gasteiger partial charge in [-0.15, -0.1) is 0 Å². The molecule has 0 saturated heterocycles. The maximum Gasteiger partial charge on any atom is 0.308 e. The first-order chi connectivity index (χ1) is 11.5. The molecule has 1 amide bonds. The van der Waals surface area contributed by atoms with E-state index in [-0.39, 0.29) is 5.91 Å². The summed E-state index contributed by atoms with van der Waals surface area (Å²) in [7, 11) is 0. The van der Waals surface area contributed by atoms with Gasteiger partial charge in [0.25, 0.3) is 0 Å². The van der Waals surface area contributed by atoms with Crippen LogP contribution < -0.4 is 4.90 Å². The Morgan fingerprint density at radius 3 is 2.79 bits per heavy atom. The number of aromatic nitrogens is 1. The molecule has 0 N–H and O–H groups in total. The quantitative estimate of drug-likeness (QED) is 0.729. The van der Waals surface area contributed by atoms with Crippen LogP contribution in [0.25, 0.3) is 0 Å². The van der Waals surface area contributed by atoms with Gasteiger partial charge < -0.3 is 4.74 Å². The molecule has 3 rings (SSSR count). The highest BCUT2D eigenvalue weighted by atomic mass is 79.9. The second-order valence-corrected chi connectivity index (χ2v) is 6.53. The topological polar surface area (TPSA) is 42.4 Å². The van der Waals surface area contributed by atoms with Gasteiger partial charge >= 0.3 is 5.91 Å². The summed E-state index contributed by atoms with van der Waals surface area (Å²) in [5.41, 5.74) is 4.74. The van der Waals surface area contributed by atoms with Crippen molar-refractivity contribution in [2.24, 2.45) is 0 Å². The summed E-state index contributed by atoms with van der Waals surface area (Å²) >= 11 is 3.53. The van der Waals surface area contributed by atoms with Gasteiger partial charge in [-0.2, -0.15) is 0 Å². The molecular formula is C19H17BrN2O2. The Balaban J connectivity index is 2.15. The van der Waals surface area contributed by atoms with E-state index in [0.29, 0.717) is 19.0 Å². The number of halogens is 1. The number of fused-ring (bicyclic) bond motifs is 1. The Hall–Kier alpha value is -2.16. The molecule has 24 heavy (non-hydrogen) atoms. The highest BCUT2D eigenvalue weighted by molar-refractivity contribution is 9.10. The first-order valence-electron chi connectivity index (χ1n) is 7.61. The normalized spacial score (nSPS) is 12.3. The number of anilines is 2.